The van der Waals surface area contributed by atoms with Crippen molar-refractivity contribution >= 4 is 35.0 Å². The summed E-state index contributed by atoms with van der Waals surface area (Å²) in [5.74, 6) is 7.49. The van der Waals surface area contributed by atoms with Crippen molar-refractivity contribution in [2.24, 2.45) is 5.10 Å². The predicted octanol–water partition coefficient (Wildman–Crippen LogP) is 2.88. The van der Waals surface area contributed by atoms with Crippen LogP contribution >= 0.6 is 11.8 Å². The third-order valence-corrected chi connectivity index (χ3v) is 5.48. The number of nitrogens with two attached hydrogens (primary N) is 1. The fourth-order valence-electron chi connectivity index (χ4n) is 2.74. The lowest BCUT2D eigenvalue weighted by Crippen LogP contribution is -2.17. The Morgan fingerprint density at radius 2 is 1.91 bits per heavy atom. The molecule has 0 unspecified atom stereocenters. The van der Waals surface area contributed by atoms with E-state index in [4.69, 9.17) is 15.3 Å². The third kappa shape index (κ3) is 5.49. The van der Waals surface area contributed by atoms with Crippen molar-refractivity contribution in [3.05, 3.63) is 53.6 Å². The molecule has 2 aromatic carbocycles. The first-order valence-corrected chi connectivity index (χ1v) is 10.6. The van der Waals surface area contributed by atoms with Gasteiger partial charge in [-0.05, 0) is 43.7 Å². The molecular formula is C21H25N7O3S. The summed E-state index contributed by atoms with van der Waals surface area (Å²) < 4.78 is 11.8. The van der Waals surface area contributed by atoms with Crippen LogP contribution in [0.2, 0.25) is 0 Å². The van der Waals surface area contributed by atoms with Gasteiger partial charge in [-0.3, -0.25) is 4.79 Å². The molecule has 0 atom stereocenters. The molecule has 0 spiro atoms. The number of nitrogens with zero attached hydrogens (tertiary/aromatic N) is 4. The van der Waals surface area contributed by atoms with E-state index in [-0.39, 0.29) is 17.6 Å². The van der Waals surface area contributed by atoms with Gasteiger partial charge in [0.25, 0.3) is 5.95 Å². The van der Waals surface area contributed by atoms with Gasteiger partial charge in [-0.15, -0.1) is 10.2 Å². The van der Waals surface area contributed by atoms with E-state index in [0.717, 1.165) is 16.8 Å². The summed E-state index contributed by atoms with van der Waals surface area (Å²) in [6, 6.07) is 13.1. The van der Waals surface area contributed by atoms with Gasteiger partial charge in [-0.25, -0.2) is 10.1 Å². The summed E-state index contributed by atoms with van der Waals surface area (Å²) in [6.45, 7) is 3.76. The number of benzene rings is 2. The minimum Gasteiger partial charge on any atom is -0.493 e. The van der Waals surface area contributed by atoms with E-state index < -0.39 is 0 Å². The highest BCUT2D eigenvalue weighted by Crippen LogP contribution is 2.28. The predicted molar refractivity (Wildman–Crippen MR) is 126 cm³/mol. The molecule has 32 heavy (non-hydrogen) atoms. The van der Waals surface area contributed by atoms with E-state index in [1.807, 2.05) is 50.2 Å². The molecule has 10 nitrogen and oxygen atoms in total. The summed E-state index contributed by atoms with van der Waals surface area (Å²) in [7, 11) is 3.15. The van der Waals surface area contributed by atoms with Crippen LogP contribution in [-0.2, 0) is 4.79 Å². The number of rotatable bonds is 9. The molecule has 0 saturated carbocycles. The number of anilines is 2. The van der Waals surface area contributed by atoms with E-state index in [1.165, 1.54) is 16.4 Å². The maximum absolute atomic E-state index is 12.2. The molecule has 1 aromatic heterocycles. The van der Waals surface area contributed by atoms with Crippen molar-refractivity contribution in [3.8, 4) is 11.5 Å². The van der Waals surface area contributed by atoms with Crippen LogP contribution in [0.5, 0.6) is 11.5 Å². The summed E-state index contributed by atoms with van der Waals surface area (Å²) in [5, 5.41) is 15.6. The standard InChI is InChI=1S/C21H25N7O3S/c1-13-7-5-6-8-16(13)23-19(29)12-32-21-27-26-20(28(21)22)25-24-14(2)15-9-10-17(30-3)18(11-15)31-4/h5-11H,12,22H2,1-4H3,(H,23,29)(H,25,26)/b24-14+. The Labute approximate surface area is 190 Å². The van der Waals surface area contributed by atoms with Gasteiger partial charge in [0.1, 0.15) is 0 Å². The van der Waals surface area contributed by atoms with Crippen LogP contribution in [-0.4, -0.2) is 46.5 Å². The van der Waals surface area contributed by atoms with Crippen molar-refractivity contribution in [1.82, 2.24) is 14.9 Å². The van der Waals surface area contributed by atoms with E-state index in [2.05, 4.69) is 26.0 Å². The molecule has 3 rings (SSSR count). The number of carbonyl (C=O) groups is 1. The van der Waals surface area contributed by atoms with Gasteiger partial charge in [0.15, 0.2) is 11.5 Å². The summed E-state index contributed by atoms with van der Waals surface area (Å²) in [4.78, 5) is 12.2. The second-order valence-corrected chi connectivity index (χ2v) is 7.65. The Bertz CT molecular complexity index is 1130. The SMILES string of the molecule is COc1ccc(/C(C)=N/Nc2nnc(SCC(=O)Nc3ccccc3C)n2N)cc1OC. The maximum Gasteiger partial charge on any atom is 0.264 e. The van der Waals surface area contributed by atoms with Crippen molar-refractivity contribution in [2.45, 2.75) is 19.0 Å². The fourth-order valence-corrected chi connectivity index (χ4v) is 3.40. The third-order valence-electron chi connectivity index (χ3n) is 4.54. The van der Waals surface area contributed by atoms with Gasteiger partial charge in [0.05, 0.1) is 25.7 Å². The Kier molecular flexibility index (Phi) is 7.55. The molecule has 0 saturated heterocycles. The van der Waals surface area contributed by atoms with Crippen LogP contribution in [0.1, 0.15) is 18.1 Å². The molecule has 0 aliphatic carbocycles. The Morgan fingerprint density at radius 1 is 1.16 bits per heavy atom. The number of aryl methyl sites for hydroxylation is 1. The number of methoxy groups -OCH3 is 2. The molecule has 11 heteroatoms. The number of hydrazone groups is 1. The highest BCUT2D eigenvalue weighted by atomic mass is 32.2. The Hall–Kier alpha value is -3.73. The van der Waals surface area contributed by atoms with E-state index in [9.17, 15) is 4.79 Å². The second kappa shape index (κ2) is 10.5. The number of hydrogen-bond donors (Lipinski definition) is 3. The zero-order valence-corrected chi connectivity index (χ0v) is 19.1. The number of thioether (sulfide) groups is 1. The monoisotopic (exact) mass is 455 g/mol. The Morgan fingerprint density at radius 3 is 2.62 bits per heavy atom. The van der Waals surface area contributed by atoms with Crippen molar-refractivity contribution < 1.29 is 14.3 Å². The van der Waals surface area contributed by atoms with E-state index in [1.54, 1.807) is 20.3 Å². The van der Waals surface area contributed by atoms with Crippen molar-refractivity contribution in [3.63, 3.8) is 0 Å². The van der Waals surface area contributed by atoms with E-state index in [0.29, 0.717) is 22.4 Å². The molecule has 0 aliphatic rings. The van der Waals surface area contributed by atoms with Crippen LogP contribution < -0.4 is 26.1 Å². The van der Waals surface area contributed by atoms with Gasteiger partial charge in [0, 0.05) is 11.3 Å². The smallest absolute Gasteiger partial charge is 0.264 e. The average Bonchev–Trinajstić information content (AvgIpc) is 3.16. The van der Waals surface area contributed by atoms with Crippen LogP contribution in [0.15, 0.2) is 52.7 Å². The molecule has 1 heterocycles. The number of ether oxygens (including phenoxy) is 2. The zero-order chi connectivity index (χ0) is 23.1. The molecule has 0 radical (unpaired) electrons. The number of amides is 1. The molecule has 168 valence electrons. The highest BCUT2D eigenvalue weighted by molar-refractivity contribution is 7.99. The first-order valence-electron chi connectivity index (χ1n) is 9.64. The molecule has 1 amide bonds. The largest absolute Gasteiger partial charge is 0.493 e. The number of nitrogens with one attached hydrogen (secondary N) is 2. The van der Waals surface area contributed by atoms with Gasteiger partial charge in [0.2, 0.25) is 11.1 Å². The minimum absolute atomic E-state index is 0.137. The number of hydrogen-bond acceptors (Lipinski definition) is 9. The average molecular weight is 456 g/mol. The first-order chi connectivity index (χ1) is 15.4. The number of para-hydroxylation sites is 1. The number of aromatic nitrogens is 3. The molecule has 0 aliphatic heterocycles. The minimum atomic E-state index is -0.163. The zero-order valence-electron chi connectivity index (χ0n) is 18.2. The fraction of sp³-hybridized carbons (Fsp3) is 0.238. The van der Waals surface area contributed by atoms with Crippen LogP contribution in [0.4, 0.5) is 11.6 Å². The van der Waals surface area contributed by atoms with Crippen molar-refractivity contribution in [2.75, 3.05) is 36.6 Å². The maximum atomic E-state index is 12.2. The van der Waals surface area contributed by atoms with Crippen LogP contribution in [0.3, 0.4) is 0 Å². The van der Waals surface area contributed by atoms with Crippen LogP contribution in [0, 0.1) is 6.92 Å². The summed E-state index contributed by atoms with van der Waals surface area (Å²) >= 11 is 1.17. The normalized spacial score (nSPS) is 11.2. The van der Waals surface area contributed by atoms with E-state index >= 15 is 0 Å². The van der Waals surface area contributed by atoms with Crippen LogP contribution in [0.25, 0.3) is 0 Å². The molecule has 3 aromatic rings. The quantitative estimate of drug-likeness (QED) is 0.194. The first kappa shape index (κ1) is 22.9. The molecule has 0 fully saturated rings. The molecular weight excluding hydrogens is 430 g/mol. The second-order valence-electron chi connectivity index (χ2n) is 6.71. The van der Waals surface area contributed by atoms with Crippen molar-refractivity contribution in [1.29, 1.82) is 0 Å². The molecule has 4 N–H and O–H groups in total. The number of carbonyl (C=O) groups excluding carboxylic acids is 1. The lowest BCUT2D eigenvalue weighted by Gasteiger charge is -2.09. The van der Waals surface area contributed by atoms with Gasteiger partial charge < -0.3 is 20.6 Å². The number of nitrogen functional groups attached to an aromatic ring is 1. The van der Waals surface area contributed by atoms with Gasteiger partial charge >= 0.3 is 0 Å². The summed E-state index contributed by atoms with van der Waals surface area (Å²) in [6.07, 6.45) is 0. The summed E-state index contributed by atoms with van der Waals surface area (Å²) in [5.41, 5.74) is 6.08. The Balaban J connectivity index is 1.61. The topological polar surface area (TPSA) is 129 Å². The lowest BCUT2D eigenvalue weighted by atomic mass is 10.1. The highest BCUT2D eigenvalue weighted by Gasteiger charge is 2.13. The van der Waals surface area contributed by atoms with Gasteiger partial charge in [-0.2, -0.15) is 5.10 Å². The van der Waals surface area contributed by atoms with Gasteiger partial charge in [-0.1, -0.05) is 30.0 Å². The molecule has 0 bridgehead atoms. The lowest BCUT2D eigenvalue weighted by molar-refractivity contribution is -0.113.